The Kier molecular flexibility index (Phi) is 3.63. The van der Waals surface area contributed by atoms with Gasteiger partial charge in [-0.2, -0.15) is 0 Å². The smallest absolute Gasteiger partial charge is 0.223 e. The third kappa shape index (κ3) is 2.67. The van der Waals surface area contributed by atoms with E-state index in [0.29, 0.717) is 30.4 Å². The van der Waals surface area contributed by atoms with Crippen molar-refractivity contribution in [2.45, 2.75) is 50.1 Å². The average Bonchev–Trinajstić information content (AvgIpc) is 3.30. The molecule has 5 aliphatic rings. The molecule has 3 nitrogen and oxygen atoms in total. The number of piperidine rings is 3. The molecule has 1 aromatic carbocycles. The maximum absolute atomic E-state index is 13.8. The third-order valence-electron chi connectivity index (χ3n) is 6.79. The number of hydrogen-bond donors (Lipinski definition) is 0. The molecule has 1 amide bonds. The van der Waals surface area contributed by atoms with Crippen molar-refractivity contribution in [3.05, 3.63) is 35.4 Å². The van der Waals surface area contributed by atoms with E-state index in [1.807, 2.05) is 0 Å². The maximum Gasteiger partial charge on any atom is 0.223 e. The van der Waals surface area contributed by atoms with E-state index in [4.69, 9.17) is 0 Å². The zero-order chi connectivity index (χ0) is 17.1. The second-order valence-electron chi connectivity index (χ2n) is 8.36. The molecule has 4 heterocycles. The molecular formula is C20H24F2N2O. The van der Waals surface area contributed by atoms with Crippen molar-refractivity contribution >= 4 is 5.91 Å². The molecule has 0 aromatic heterocycles. The van der Waals surface area contributed by atoms with E-state index < -0.39 is 11.6 Å². The van der Waals surface area contributed by atoms with Crippen LogP contribution in [0.15, 0.2) is 18.2 Å². The number of likely N-dealkylation sites (tertiary alicyclic amines) is 1. The fraction of sp³-hybridized carbons (Fsp3) is 0.650. The Balaban J connectivity index is 1.49. The first kappa shape index (κ1) is 15.7. The molecule has 1 aromatic rings. The van der Waals surface area contributed by atoms with Crippen molar-refractivity contribution in [2.75, 3.05) is 19.6 Å². The van der Waals surface area contributed by atoms with Crippen molar-refractivity contribution in [1.82, 2.24) is 9.80 Å². The van der Waals surface area contributed by atoms with Crippen LogP contribution >= 0.6 is 0 Å². The normalized spacial score (nSPS) is 36.6. The van der Waals surface area contributed by atoms with E-state index in [1.165, 1.54) is 25.0 Å². The minimum atomic E-state index is -0.523. The molecule has 4 saturated heterocycles. The lowest BCUT2D eigenvalue weighted by Gasteiger charge is -2.51. The molecule has 1 saturated carbocycles. The van der Waals surface area contributed by atoms with Gasteiger partial charge in [-0.05, 0) is 68.3 Å². The van der Waals surface area contributed by atoms with Crippen molar-refractivity contribution in [3.63, 3.8) is 0 Å². The zero-order valence-electron chi connectivity index (χ0n) is 14.3. The lowest BCUT2D eigenvalue weighted by Crippen LogP contribution is -2.60. The van der Waals surface area contributed by atoms with E-state index in [9.17, 15) is 13.6 Å². The maximum atomic E-state index is 13.8. The molecule has 2 bridgehead atoms. The van der Waals surface area contributed by atoms with E-state index in [-0.39, 0.29) is 23.9 Å². The summed E-state index contributed by atoms with van der Waals surface area (Å²) < 4.78 is 27.6. The van der Waals surface area contributed by atoms with E-state index in [0.717, 1.165) is 32.0 Å². The molecular weight excluding hydrogens is 322 g/mol. The number of halogens is 2. The van der Waals surface area contributed by atoms with Gasteiger partial charge in [0.15, 0.2) is 0 Å². The minimum absolute atomic E-state index is 0.0152. The highest BCUT2D eigenvalue weighted by atomic mass is 19.1. The highest BCUT2D eigenvalue weighted by Gasteiger charge is 2.54. The van der Waals surface area contributed by atoms with Crippen LogP contribution in [0.25, 0.3) is 0 Å². The van der Waals surface area contributed by atoms with Gasteiger partial charge in [0.2, 0.25) is 5.91 Å². The van der Waals surface area contributed by atoms with Gasteiger partial charge in [-0.1, -0.05) is 0 Å². The summed E-state index contributed by atoms with van der Waals surface area (Å²) in [6, 6.07) is 4.30. The van der Waals surface area contributed by atoms with Gasteiger partial charge in [0.1, 0.15) is 11.6 Å². The number of benzene rings is 1. The fourth-order valence-corrected chi connectivity index (χ4v) is 5.47. The SMILES string of the molecule is O=C(CC1CC1)N1C[C@H](c2cc(F)cc(F)c2)[C@@H]2[C@H]1C1CCN2CC1. The summed E-state index contributed by atoms with van der Waals surface area (Å²) in [6.45, 7) is 2.70. The predicted molar refractivity (Wildman–Crippen MR) is 90.0 cm³/mol. The second-order valence-corrected chi connectivity index (χ2v) is 8.36. The molecule has 3 atom stereocenters. The van der Waals surface area contributed by atoms with Crippen molar-refractivity contribution in [2.24, 2.45) is 11.8 Å². The van der Waals surface area contributed by atoms with Gasteiger partial charge in [0, 0.05) is 31.0 Å². The first-order valence-electron chi connectivity index (χ1n) is 9.59. The van der Waals surface area contributed by atoms with Crippen LogP contribution < -0.4 is 0 Å². The first-order chi connectivity index (χ1) is 12.1. The number of fused-ring (bicyclic) bond motifs is 2. The van der Waals surface area contributed by atoms with Crippen LogP contribution in [0.4, 0.5) is 8.78 Å². The van der Waals surface area contributed by atoms with Crippen LogP contribution in [-0.4, -0.2) is 47.4 Å². The number of rotatable bonds is 3. The van der Waals surface area contributed by atoms with Crippen LogP contribution in [0.2, 0.25) is 0 Å². The Labute approximate surface area is 147 Å². The van der Waals surface area contributed by atoms with Gasteiger partial charge in [0.25, 0.3) is 0 Å². The van der Waals surface area contributed by atoms with E-state index in [2.05, 4.69) is 9.80 Å². The van der Waals surface area contributed by atoms with Gasteiger partial charge < -0.3 is 4.90 Å². The van der Waals surface area contributed by atoms with Crippen LogP contribution in [0, 0.1) is 23.5 Å². The van der Waals surface area contributed by atoms with Gasteiger partial charge >= 0.3 is 0 Å². The molecule has 25 heavy (non-hydrogen) atoms. The van der Waals surface area contributed by atoms with Crippen LogP contribution in [0.3, 0.4) is 0 Å². The Morgan fingerprint density at radius 2 is 1.68 bits per heavy atom. The van der Waals surface area contributed by atoms with Crippen LogP contribution in [-0.2, 0) is 4.79 Å². The zero-order valence-corrected chi connectivity index (χ0v) is 14.3. The van der Waals surface area contributed by atoms with E-state index in [1.54, 1.807) is 0 Å². The molecule has 134 valence electrons. The fourth-order valence-electron chi connectivity index (χ4n) is 5.47. The molecule has 0 radical (unpaired) electrons. The lowest BCUT2D eigenvalue weighted by molar-refractivity contribution is -0.136. The number of hydrogen-bond acceptors (Lipinski definition) is 2. The van der Waals surface area contributed by atoms with Crippen molar-refractivity contribution in [3.8, 4) is 0 Å². The van der Waals surface area contributed by atoms with Gasteiger partial charge in [-0.15, -0.1) is 0 Å². The third-order valence-corrected chi connectivity index (χ3v) is 6.79. The Hall–Kier alpha value is -1.49. The van der Waals surface area contributed by atoms with E-state index >= 15 is 0 Å². The van der Waals surface area contributed by atoms with Gasteiger partial charge in [-0.25, -0.2) is 8.78 Å². The Morgan fingerprint density at radius 1 is 1.00 bits per heavy atom. The van der Waals surface area contributed by atoms with Crippen LogP contribution in [0.1, 0.15) is 43.6 Å². The lowest BCUT2D eigenvalue weighted by atomic mass is 9.75. The number of carbonyl (C=O) groups excluding carboxylic acids is 1. The Morgan fingerprint density at radius 3 is 2.32 bits per heavy atom. The highest BCUT2D eigenvalue weighted by Crippen LogP contribution is 2.47. The Bertz CT molecular complexity index is 677. The van der Waals surface area contributed by atoms with Crippen LogP contribution in [0.5, 0.6) is 0 Å². The quantitative estimate of drug-likeness (QED) is 0.839. The van der Waals surface area contributed by atoms with Gasteiger partial charge in [0.05, 0.1) is 6.04 Å². The van der Waals surface area contributed by atoms with Crippen molar-refractivity contribution < 1.29 is 13.6 Å². The molecule has 0 unspecified atom stereocenters. The molecule has 1 aliphatic carbocycles. The number of amides is 1. The largest absolute Gasteiger partial charge is 0.337 e. The minimum Gasteiger partial charge on any atom is -0.337 e. The van der Waals surface area contributed by atoms with Crippen molar-refractivity contribution in [1.29, 1.82) is 0 Å². The molecule has 5 heteroatoms. The summed E-state index contributed by atoms with van der Waals surface area (Å²) in [5.41, 5.74) is 0.710. The monoisotopic (exact) mass is 346 g/mol. The molecule has 0 N–H and O–H groups in total. The molecule has 0 spiro atoms. The average molecular weight is 346 g/mol. The first-order valence-corrected chi connectivity index (χ1v) is 9.59. The standard InChI is InChI=1S/C20H24F2N2O/c21-15-8-14(9-16(22)10-15)17-11-24(18(25)7-12-1-2-12)19-13-3-5-23(6-4-13)20(17)19/h8-10,12-13,17,19-20H,1-7,11H2/t17-,19-,20-/m1/s1. The summed E-state index contributed by atoms with van der Waals surface area (Å²) >= 11 is 0. The summed E-state index contributed by atoms with van der Waals surface area (Å²) in [7, 11) is 0. The summed E-state index contributed by atoms with van der Waals surface area (Å²) in [6.07, 6.45) is 5.26. The molecule has 6 rings (SSSR count). The predicted octanol–water partition coefficient (Wildman–Crippen LogP) is 3.15. The molecule has 5 fully saturated rings. The number of carbonyl (C=O) groups is 1. The number of nitrogens with zero attached hydrogens (tertiary/aromatic N) is 2. The summed E-state index contributed by atoms with van der Waals surface area (Å²) in [5, 5.41) is 0. The summed E-state index contributed by atoms with van der Waals surface area (Å²) in [4.78, 5) is 17.4. The molecule has 4 aliphatic heterocycles. The highest BCUT2D eigenvalue weighted by molar-refractivity contribution is 5.78. The topological polar surface area (TPSA) is 23.6 Å². The van der Waals surface area contributed by atoms with Gasteiger partial charge in [-0.3, -0.25) is 9.69 Å². The second kappa shape index (κ2) is 5.76. The summed E-state index contributed by atoms with van der Waals surface area (Å²) in [5.74, 6) is 0.335.